The van der Waals surface area contributed by atoms with E-state index in [0.29, 0.717) is 11.3 Å². The van der Waals surface area contributed by atoms with E-state index in [1.807, 2.05) is 0 Å². The Morgan fingerprint density at radius 2 is 1.96 bits per heavy atom. The molecule has 11 heteroatoms. The van der Waals surface area contributed by atoms with E-state index in [1.54, 1.807) is 23.5 Å². The lowest BCUT2D eigenvalue weighted by Crippen LogP contribution is -2.36. The Bertz CT molecular complexity index is 780. The molecule has 26 heavy (non-hydrogen) atoms. The third-order valence-electron chi connectivity index (χ3n) is 3.41. The zero-order valence-electron chi connectivity index (χ0n) is 13.4. The van der Waals surface area contributed by atoms with Crippen LogP contribution in [0.1, 0.15) is 16.8 Å². The average Bonchev–Trinajstić information content (AvgIpc) is 2.89. The Kier molecular flexibility index (Phi) is 6.56. The van der Waals surface area contributed by atoms with Gasteiger partial charge in [-0.3, -0.25) is 4.79 Å². The van der Waals surface area contributed by atoms with Crippen molar-refractivity contribution in [3.8, 4) is 0 Å². The number of carbonyl (C=O) groups is 2. The van der Waals surface area contributed by atoms with Gasteiger partial charge in [0, 0.05) is 10.1 Å². The van der Waals surface area contributed by atoms with Crippen molar-refractivity contribution in [1.29, 1.82) is 0 Å². The summed E-state index contributed by atoms with van der Waals surface area (Å²) in [6.45, 7) is -2.35. The van der Waals surface area contributed by atoms with Gasteiger partial charge in [0.15, 0.2) is 16.4 Å². The molecule has 1 heterocycles. The number of amides is 1. The van der Waals surface area contributed by atoms with E-state index in [-0.39, 0.29) is 22.3 Å². The normalized spacial score (nSPS) is 19.1. The third kappa shape index (κ3) is 6.52. The predicted octanol–water partition coefficient (Wildman–Crippen LogP) is 1.80. The van der Waals surface area contributed by atoms with Crippen LogP contribution in [0.4, 0.5) is 13.2 Å². The van der Waals surface area contributed by atoms with Crippen molar-refractivity contribution in [1.82, 2.24) is 5.32 Å². The summed E-state index contributed by atoms with van der Waals surface area (Å²) in [6, 6.07) is 6.30. The summed E-state index contributed by atoms with van der Waals surface area (Å²) in [5, 5.41) is 1.41. The maximum atomic E-state index is 12.1. The Hall–Kier alpha value is -1.75. The van der Waals surface area contributed by atoms with Crippen LogP contribution in [-0.4, -0.2) is 56.4 Å². The maximum absolute atomic E-state index is 12.1. The number of carbonyl (C=O) groups excluding carboxylic acids is 2. The number of alkyl halides is 3. The molecule has 1 aliphatic heterocycles. The second kappa shape index (κ2) is 8.30. The lowest BCUT2D eigenvalue weighted by atomic mass is 10.2. The lowest BCUT2D eigenvalue weighted by molar-refractivity contribution is -0.140. The highest BCUT2D eigenvalue weighted by Gasteiger charge is 2.30. The van der Waals surface area contributed by atoms with E-state index in [4.69, 9.17) is 4.74 Å². The number of nitrogens with one attached hydrogen (secondary N) is 1. The van der Waals surface area contributed by atoms with Gasteiger partial charge in [0.25, 0.3) is 5.91 Å². The Morgan fingerprint density at radius 3 is 2.58 bits per heavy atom. The van der Waals surface area contributed by atoms with E-state index < -0.39 is 41.0 Å². The van der Waals surface area contributed by atoms with Gasteiger partial charge < -0.3 is 10.1 Å². The molecule has 1 aliphatic rings. The van der Waals surface area contributed by atoms with Crippen LogP contribution >= 0.6 is 11.8 Å². The first-order valence-corrected chi connectivity index (χ1v) is 10.2. The quantitative estimate of drug-likeness (QED) is 0.718. The maximum Gasteiger partial charge on any atom is 0.405 e. The van der Waals surface area contributed by atoms with Gasteiger partial charge in [-0.25, -0.2) is 13.2 Å². The van der Waals surface area contributed by atoms with Crippen molar-refractivity contribution in [2.24, 2.45) is 0 Å². The fraction of sp³-hybridized carbons (Fsp3) is 0.467. The zero-order chi connectivity index (χ0) is 19.4. The Morgan fingerprint density at radius 1 is 1.27 bits per heavy atom. The van der Waals surface area contributed by atoms with Gasteiger partial charge >= 0.3 is 12.1 Å². The molecule has 1 N–H and O–H groups in total. The van der Waals surface area contributed by atoms with Gasteiger partial charge in [-0.2, -0.15) is 13.2 Å². The predicted molar refractivity (Wildman–Crippen MR) is 88.7 cm³/mol. The number of esters is 1. The minimum Gasteiger partial charge on any atom is -0.452 e. The van der Waals surface area contributed by atoms with Gasteiger partial charge in [0.05, 0.1) is 17.1 Å². The summed E-state index contributed by atoms with van der Waals surface area (Å²) in [4.78, 5) is 23.9. The standard InChI is InChI=1S/C15H16F3NO5S2/c16-15(17,18)9-19-13(20)7-24-14(21)11-3-1-2-4-12(11)25-10-5-6-26(22,23)8-10/h1-4,10H,5-9H2,(H,19,20)/t10-/m1/s1. The number of sulfone groups is 1. The third-order valence-corrected chi connectivity index (χ3v) is 6.74. The summed E-state index contributed by atoms with van der Waals surface area (Å²) in [6.07, 6.45) is -4.08. The average molecular weight is 411 g/mol. The lowest BCUT2D eigenvalue weighted by Gasteiger charge is -2.12. The number of ether oxygens (including phenoxy) is 1. The summed E-state index contributed by atoms with van der Waals surface area (Å²) in [5.41, 5.74) is 0.130. The molecule has 1 saturated heterocycles. The van der Waals surface area contributed by atoms with Crippen molar-refractivity contribution < 1.29 is 35.9 Å². The largest absolute Gasteiger partial charge is 0.452 e. The van der Waals surface area contributed by atoms with Crippen LogP contribution in [0.15, 0.2) is 29.2 Å². The van der Waals surface area contributed by atoms with Crippen LogP contribution in [0.5, 0.6) is 0 Å². The van der Waals surface area contributed by atoms with Gasteiger partial charge in [-0.1, -0.05) is 12.1 Å². The molecule has 1 aromatic rings. The second-order valence-corrected chi connectivity index (χ2v) is 9.18. The molecular formula is C15H16F3NO5S2. The van der Waals surface area contributed by atoms with Crippen LogP contribution in [0, 0.1) is 0 Å². The monoisotopic (exact) mass is 411 g/mol. The summed E-state index contributed by atoms with van der Waals surface area (Å²) >= 11 is 1.23. The highest BCUT2D eigenvalue weighted by atomic mass is 32.2. The summed E-state index contributed by atoms with van der Waals surface area (Å²) in [7, 11) is -3.07. The number of hydrogen-bond acceptors (Lipinski definition) is 6. The summed E-state index contributed by atoms with van der Waals surface area (Å²) < 4.78 is 63.9. The van der Waals surface area contributed by atoms with Crippen molar-refractivity contribution in [2.75, 3.05) is 24.7 Å². The fourth-order valence-corrected chi connectivity index (χ4v) is 5.85. The van der Waals surface area contributed by atoms with Gasteiger partial charge in [0.1, 0.15) is 6.54 Å². The molecule has 2 rings (SSSR count). The second-order valence-electron chi connectivity index (χ2n) is 5.61. The van der Waals surface area contributed by atoms with Crippen molar-refractivity contribution in [3.63, 3.8) is 0 Å². The number of benzene rings is 1. The molecule has 1 amide bonds. The molecule has 144 valence electrons. The first-order valence-electron chi connectivity index (χ1n) is 7.52. The van der Waals surface area contributed by atoms with Crippen molar-refractivity contribution in [3.05, 3.63) is 29.8 Å². The molecule has 0 unspecified atom stereocenters. The van der Waals surface area contributed by atoms with E-state index in [1.165, 1.54) is 17.8 Å². The van der Waals surface area contributed by atoms with Crippen molar-refractivity contribution >= 4 is 33.5 Å². The van der Waals surface area contributed by atoms with Crippen LogP contribution < -0.4 is 5.32 Å². The van der Waals surface area contributed by atoms with Crippen LogP contribution in [0.25, 0.3) is 0 Å². The zero-order valence-corrected chi connectivity index (χ0v) is 15.0. The highest BCUT2D eigenvalue weighted by molar-refractivity contribution is 8.02. The van der Waals surface area contributed by atoms with Gasteiger partial charge in [-0.05, 0) is 18.6 Å². The van der Waals surface area contributed by atoms with Gasteiger partial charge in [-0.15, -0.1) is 11.8 Å². The smallest absolute Gasteiger partial charge is 0.405 e. The molecule has 6 nitrogen and oxygen atoms in total. The van der Waals surface area contributed by atoms with E-state index in [9.17, 15) is 31.2 Å². The first-order chi connectivity index (χ1) is 12.1. The van der Waals surface area contributed by atoms with Crippen molar-refractivity contribution in [2.45, 2.75) is 22.7 Å². The number of thioether (sulfide) groups is 1. The van der Waals surface area contributed by atoms with Gasteiger partial charge in [0.2, 0.25) is 0 Å². The molecule has 0 saturated carbocycles. The highest BCUT2D eigenvalue weighted by Crippen LogP contribution is 2.33. The Labute approximate surface area is 152 Å². The first kappa shape index (κ1) is 20.6. The molecule has 0 aliphatic carbocycles. The summed E-state index contributed by atoms with van der Waals surface area (Å²) in [5.74, 6) is -1.82. The molecule has 1 fully saturated rings. The molecule has 0 spiro atoms. The molecule has 1 atom stereocenters. The molecule has 0 aromatic heterocycles. The number of halogens is 3. The minimum absolute atomic E-state index is 0.0148. The van der Waals surface area contributed by atoms with E-state index >= 15 is 0 Å². The van der Waals surface area contributed by atoms with Crippen LogP contribution in [0.2, 0.25) is 0 Å². The number of hydrogen-bond donors (Lipinski definition) is 1. The van der Waals surface area contributed by atoms with E-state index in [0.717, 1.165) is 0 Å². The molecule has 0 bridgehead atoms. The topological polar surface area (TPSA) is 89.5 Å². The van der Waals surface area contributed by atoms with E-state index in [2.05, 4.69) is 0 Å². The Balaban J connectivity index is 1.94. The molecule has 1 aromatic carbocycles. The molecule has 0 radical (unpaired) electrons. The fourth-order valence-electron chi connectivity index (χ4n) is 2.23. The molecular weight excluding hydrogens is 395 g/mol. The SMILES string of the molecule is O=C(COC(=O)c1ccccc1S[C@@H]1CCS(=O)(=O)C1)NCC(F)(F)F. The van der Waals surface area contributed by atoms with Crippen LogP contribution in [-0.2, 0) is 19.4 Å². The minimum atomic E-state index is -4.55. The van der Waals surface area contributed by atoms with Crippen LogP contribution in [0.3, 0.4) is 0 Å². The number of rotatable bonds is 6.